The number of hydrogen-bond acceptors (Lipinski definition) is 2. The van der Waals surface area contributed by atoms with E-state index in [4.69, 9.17) is 0 Å². The van der Waals surface area contributed by atoms with E-state index in [1.54, 1.807) is 11.3 Å². The highest BCUT2D eigenvalue weighted by atomic mass is 32.1. The Morgan fingerprint density at radius 2 is 2.15 bits per heavy atom. The largest absolute Gasteiger partial charge is 0.384 e. The van der Waals surface area contributed by atoms with Crippen molar-refractivity contribution in [3.05, 3.63) is 29.6 Å². The number of thiophene rings is 1. The van der Waals surface area contributed by atoms with E-state index in [0.29, 0.717) is 0 Å². The summed E-state index contributed by atoms with van der Waals surface area (Å²) in [4.78, 5) is 0. The fourth-order valence-corrected chi connectivity index (χ4v) is 2.29. The van der Waals surface area contributed by atoms with Gasteiger partial charge in [-0.05, 0) is 12.5 Å². The maximum atomic E-state index is 3.43. The molecule has 0 atom stereocenters. The first-order chi connectivity index (χ1) is 6.42. The lowest BCUT2D eigenvalue weighted by Gasteiger charge is -2.01. The Labute approximate surface area is 82.4 Å². The summed E-state index contributed by atoms with van der Waals surface area (Å²) in [6.45, 7) is 3.24. The summed E-state index contributed by atoms with van der Waals surface area (Å²) in [6.07, 6.45) is 1.17. The van der Waals surface area contributed by atoms with Crippen molar-refractivity contribution in [3.8, 4) is 0 Å². The molecule has 0 fully saturated rings. The fourth-order valence-electron chi connectivity index (χ4n) is 1.37. The maximum absolute atomic E-state index is 3.43. The molecule has 2 rings (SSSR count). The molecule has 1 nitrogen and oxygen atoms in total. The van der Waals surface area contributed by atoms with Crippen LogP contribution >= 0.6 is 11.3 Å². The minimum atomic E-state index is 1.06. The molecule has 2 heteroatoms. The van der Waals surface area contributed by atoms with Gasteiger partial charge in [0.1, 0.15) is 0 Å². The van der Waals surface area contributed by atoms with Gasteiger partial charge in [-0.15, -0.1) is 11.3 Å². The van der Waals surface area contributed by atoms with Gasteiger partial charge in [0.2, 0.25) is 0 Å². The molecule has 68 valence electrons. The van der Waals surface area contributed by atoms with Gasteiger partial charge in [0, 0.05) is 22.0 Å². The fraction of sp³-hybridized carbons (Fsp3) is 0.273. The first-order valence-corrected chi connectivity index (χ1v) is 5.50. The lowest BCUT2D eigenvalue weighted by molar-refractivity contribution is 0.982. The zero-order valence-electron chi connectivity index (χ0n) is 7.71. The highest BCUT2D eigenvalue weighted by Gasteiger charge is 2.00. The quantitative estimate of drug-likeness (QED) is 0.779. The molecule has 0 bridgehead atoms. The smallest absolute Gasteiger partial charge is 0.0528 e. The van der Waals surface area contributed by atoms with Gasteiger partial charge in [0.25, 0.3) is 0 Å². The number of fused-ring (bicyclic) bond motifs is 1. The average molecular weight is 191 g/mol. The third-order valence-corrected chi connectivity index (χ3v) is 3.01. The second-order valence-electron chi connectivity index (χ2n) is 3.07. The Bertz CT molecular complexity index is 392. The molecule has 0 saturated carbocycles. The molecule has 2 aromatic rings. The van der Waals surface area contributed by atoms with Crippen LogP contribution in [0.2, 0.25) is 0 Å². The van der Waals surface area contributed by atoms with Gasteiger partial charge in [-0.2, -0.15) is 0 Å². The molecule has 1 aromatic carbocycles. The monoisotopic (exact) mass is 191 g/mol. The SMILES string of the molecule is CCCNc1csc2ccccc12. The summed E-state index contributed by atoms with van der Waals surface area (Å²) in [5.41, 5.74) is 1.28. The summed E-state index contributed by atoms with van der Waals surface area (Å²) in [5, 5.41) is 6.97. The van der Waals surface area contributed by atoms with E-state index in [9.17, 15) is 0 Å². The Morgan fingerprint density at radius 1 is 1.31 bits per heavy atom. The maximum Gasteiger partial charge on any atom is 0.0528 e. The van der Waals surface area contributed by atoms with Crippen LogP contribution in [0.1, 0.15) is 13.3 Å². The minimum absolute atomic E-state index is 1.06. The molecular formula is C11H13NS. The molecule has 13 heavy (non-hydrogen) atoms. The summed E-state index contributed by atoms with van der Waals surface area (Å²) < 4.78 is 1.36. The summed E-state index contributed by atoms with van der Waals surface area (Å²) in [6, 6.07) is 8.51. The van der Waals surface area contributed by atoms with Crippen molar-refractivity contribution in [1.29, 1.82) is 0 Å². The minimum Gasteiger partial charge on any atom is -0.384 e. The Morgan fingerprint density at radius 3 is 3.00 bits per heavy atom. The number of hydrogen-bond donors (Lipinski definition) is 1. The molecule has 0 aliphatic carbocycles. The normalized spacial score (nSPS) is 10.5. The van der Waals surface area contributed by atoms with Crippen LogP contribution in [0.25, 0.3) is 10.1 Å². The van der Waals surface area contributed by atoms with Gasteiger partial charge in [-0.1, -0.05) is 25.1 Å². The molecule has 0 aliphatic heterocycles. The van der Waals surface area contributed by atoms with E-state index in [1.165, 1.54) is 22.2 Å². The Hall–Kier alpha value is -1.02. The predicted octanol–water partition coefficient (Wildman–Crippen LogP) is 3.72. The van der Waals surface area contributed by atoms with Crippen molar-refractivity contribution in [3.63, 3.8) is 0 Å². The van der Waals surface area contributed by atoms with Crippen LogP contribution in [0.4, 0.5) is 5.69 Å². The van der Waals surface area contributed by atoms with E-state index in [2.05, 4.69) is 41.9 Å². The third kappa shape index (κ3) is 1.68. The predicted molar refractivity (Wildman–Crippen MR) is 60.6 cm³/mol. The molecule has 0 radical (unpaired) electrons. The topological polar surface area (TPSA) is 12.0 Å². The van der Waals surface area contributed by atoms with Gasteiger partial charge < -0.3 is 5.32 Å². The highest BCUT2D eigenvalue weighted by molar-refractivity contribution is 7.17. The van der Waals surface area contributed by atoms with Crippen molar-refractivity contribution in [1.82, 2.24) is 0 Å². The molecule has 1 heterocycles. The molecule has 0 aliphatic rings. The van der Waals surface area contributed by atoms with E-state index in [1.807, 2.05) is 0 Å². The van der Waals surface area contributed by atoms with Crippen molar-refractivity contribution < 1.29 is 0 Å². The first kappa shape index (κ1) is 8.57. The number of benzene rings is 1. The summed E-state index contributed by atoms with van der Waals surface area (Å²) in [7, 11) is 0. The van der Waals surface area contributed by atoms with Crippen molar-refractivity contribution in [2.45, 2.75) is 13.3 Å². The zero-order chi connectivity index (χ0) is 9.10. The van der Waals surface area contributed by atoms with E-state index in [-0.39, 0.29) is 0 Å². The number of nitrogens with one attached hydrogen (secondary N) is 1. The molecule has 0 spiro atoms. The molecule has 1 aromatic heterocycles. The van der Waals surface area contributed by atoms with Crippen LogP contribution in [0.3, 0.4) is 0 Å². The van der Waals surface area contributed by atoms with Gasteiger partial charge in [-0.25, -0.2) is 0 Å². The summed E-state index contributed by atoms with van der Waals surface area (Å²) >= 11 is 1.80. The van der Waals surface area contributed by atoms with Crippen molar-refractivity contribution >= 4 is 27.1 Å². The standard InChI is InChI=1S/C11H13NS/c1-2-7-12-10-8-13-11-6-4-3-5-9(10)11/h3-6,8,12H,2,7H2,1H3. The molecule has 0 saturated heterocycles. The second-order valence-corrected chi connectivity index (χ2v) is 3.98. The molecule has 1 N–H and O–H groups in total. The number of rotatable bonds is 3. The van der Waals surface area contributed by atoms with Gasteiger partial charge in [0.05, 0.1) is 5.69 Å². The lowest BCUT2D eigenvalue weighted by atomic mass is 10.2. The van der Waals surface area contributed by atoms with Crippen LogP contribution in [-0.4, -0.2) is 6.54 Å². The lowest BCUT2D eigenvalue weighted by Crippen LogP contribution is -1.97. The second kappa shape index (κ2) is 3.79. The van der Waals surface area contributed by atoms with Crippen LogP contribution in [-0.2, 0) is 0 Å². The van der Waals surface area contributed by atoms with Crippen molar-refractivity contribution in [2.24, 2.45) is 0 Å². The van der Waals surface area contributed by atoms with Crippen LogP contribution in [0.5, 0.6) is 0 Å². The average Bonchev–Trinajstić information content (AvgIpc) is 2.58. The Kier molecular flexibility index (Phi) is 2.50. The zero-order valence-corrected chi connectivity index (χ0v) is 8.53. The van der Waals surface area contributed by atoms with E-state index >= 15 is 0 Å². The molecule has 0 unspecified atom stereocenters. The van der Waals surface area contributed by atoms with E-state index < -0.39 is 0 Å². The van der Waals surface area contributed by atoms with Gasteiger partial charge in [0.15, 0.2) is 0 Å². The van der Waals surface area contributed by atoms with Gasteiger partial charge in [-0.3, -0.25) is 0 Å². The van der Waals surface area contributed by atoms with Gasteiger partial charge >= 0.3 is 0 Å². The van der Waals surface area contributed by atoms with Crippen LogP contribution < -0.4 is 5.32 Å². The molecule has 0 amide bonds. The molecular weight excluding hydrogens is 178 g/mol. The van der Waals surface area contributed by atoms with Crippen LogP contribution in [0, 0.1) is 0 Å². The van der Waals surface area contributed by atoms with Crippen LogP contribution in [0.15, 0.2) is 29.6 Å². The third-order valence-electron chi connectivity index (χ3n) is 2.05. The van der Waals surface area contributed by atoms with E-state index in [0.717, 1.165) is 6.54 Å². The van der Waals surface area contributed by atoms with Crippen molar-refractivity contribution in [2.75, 3.05) is 11.9 Å². The highest BCUT2D eigenvalue weighted by Crippen LogP contribution is 2.29. The Balaban J connectivity index is 2.35. The number of anilines is 1. The summed E-state index contributed by atoms with van der Waals surface area (Å²) in [5.74, 6) is 0. The first-order valence-electron chi connectivity index (χ1n) is 4.62.